The quantitative estimate of drug-likeness (QED) is 0.626. The van der Waals surface area contributed by atoms with Gasteiger partial charge >= 0.3 is 0 Å². The third-order valence-electron chi connectivity index (χ3n) is 4.58. The summed E-state index contributed by atoms with van der Waals surface area (Å²) in [6.45, 7) is 18.2. The molecule has 0 fully saturated rings. The Kier molecular flexibility index (Phi) is 4.95. The van der Waals surface area contributed by atoms with E-state index in [0.717, 1.165) is 6.42 Å². The standard InChI is InChI=1S/C23H34N/c1-16-12-17(2)20(23(6,7)8)13-19(16)21-11-10-18(15-24(21)9)14-22(3,4)5/h10-13,15H,14H2,1-9H3/q+1. The molecule has 1 nitrogen and oxygen atoms in total. The highest BCUT2D eigenvalue weighted by molar-refractivity contribution is 5.64. The third kappa shape index (κ3) is 4.26. The van der Waals surface area contributed by atoms with E-state index in [1.165, 1.54) is 33.5 Å². The zero-order valence-electron chi connectivity index (χ0n) is 17.0. The Labute approximate surface area is 148 Å². The van der Waals surface area contributed by atoms with Gasteiger partial charge in [-0.3, -0.25) is 0 Å². The van der Waals surface area contributed by atoms with Crippen LogP contribution in [-0.2, 0) is 18.9 Å². The number of hydrogen-bond acceptors (Lipinski definition) is 0. The molecule has 0 saturated heterocycles. The van der Waals surface area contributed by atoms with E-state index in [9.17, 15) is 0 Å². The summed E-state index contributed by atoms with van der Waals surface area (Å²) in [6, 6.07) is 9.30. The molecule has 0 radical (unpaired) electrons. The molecule has 0 N–H and O–H groups in total. The second-order valence-corrected chi connectivity index (χ2v) is 9.50. The zero-order valence-corrected chi connectivity index (χ0v) is 17.0. The molecule has 2 rings (SSSR count). The van der Waals surface area contributed by atoms with Crippen molar-refractivity contribution in [1.82, 2.24) is 0 Å². The van der Waals surface area contributed by atoms with Crippen molar-refractivity contribution in [3.63, 3.8) is 0 Å². The molecule has 130 valence electrons. The van der Waals surface area contributed by atoms with E-state index in [-0.39, 0.29) is 5.41 Å². The summed E-state index contributed by atoms with van der Waals surface area (Å²) < 4.78 is 2.28. The van der Waals surface area contributed by atoms with E-state index in [0.29, 0.717) is 5.41 Å². The Morgan fingerprint density at radius 2 is 1.50 bits per heavy atom. The topological polar surface area (TPSA) is 3.88 Å². The molecular formula is C23H34N+. The van der Waals surface area contributed by atoms with Crippen LogP contribution in [0.15, 0.2) is 30.5 Å². The van der Waals surface area contributed by atoms with Crippen LogP contribution in [0.5, 0.6) is 0 Å². The molecule has 0 aliphatic heterocycles. The lowest BCUT2D eigenvalue weighted by atomic mass is 9.81. The number of aromatic nitrogens is 1. The number of aryl methyl sites for hydroxylation is 3. The predicted molar refractivity (Wildman–Crippen MR) is 104 cm³/mol. The Balaban J connectivity index is 2.53. The van der Waals surface area contributed by atoms with Crippen molar-refractivity contribution in [3.05, 3.63) is 52.7 Å². The lowest BCUT2D eigenvalue weighted by molar-refractivity contribution is -0.660. The first-order valence-electron chi connectivity index (χ1n) is 8.99. The van der Waals surface area contributed by atoms with Crippen molar-refractivity contribution in [2.24, 2.45) is 12.5 Å². The van der Waals surface area contributed by atoms with E-state index < -0.39 is 0 Å². The van der Waals surface area contributed by atoms with Gasteiger partial charge < -0.3 is 0 Å². The normalized spacial score (nSPS) is 12.5. The van der Waals surface area contributed by atoms with Crippen LogP contribution in [0, 0.1) is 19.3 Å². The number of pyridine rings is 1. The van der Waals surface area contributed by atoms with Gasteiger partial charge in [-0.05, 0) is 59.9 Å². The fourth-order valence-electron chi connectivity index (χ4n) is 3.60. The maximum Gasteiger partial charge on any atom is 0.212 e. The van der Waals surface area contributed by atoms with Crippen LogP contribution < -0.4 is 4.57 Å². The molecule has 24 heavy (non-hydrogen) atoms. The summed E-state index contributed by atoms with van der Waals surface area (Å²) in [4.78, 5) is 0. The van der Waals surface area contributed by atoms with Gasteiger partial charge in [0.05, 0.1) is 0 Å². The van der Waals surface area contributed by atoms with Crippen molar-refractivity contribution >= 4 is 0 Å². The van der Waals surface area contributed by atoms with Gasteiger partial charge in [-0.15, -0.1) is 0 Å². The molecule has 2 aromatic rings. The van der Waals surface area contributed by atoms with Crippen LogP contribution in [0.25, 0.3) is 11.3 Å². The number of hydrogen-bond donors (Lipinski definition) is 0. The van der Waals surface area contributed by atoms with Gasteiger partial charge in [0.15, 0.2) is 6.20 Å². The minimum atomic E-state index is 0.164. The van der Waals surface area contributed by atoms with Crippen molar-refractivity contribution in [2.45, 2.75) is 67.2 Å². The van der Waals surface area contributed by atoms with Crippen molar-refractivity contribution < 1.29 is 4.57 Å². The maximum atomic E-state index is 2.39. The Hall–Kier alpha value is -1.63. The Morgan fingerprint density at radius 3 is 2.00 bits per heavy atom. The first-order valence-corrected chi connectivity index (χ1v) is 8.99. The highest BCUT2D eigenvalue weighted by Crippen LogP contribution is 2.32. The highest BCUT2D eigenvalue weighted by atomic mass is 14.9. The largest absolute Gasteiger partial charge is 0.212 e. The molecule has 0 unspecified atom stereocenters. The molecule has 1 heteroatoms. The number of rotatable bonds is 2. The second-order valence-electron chi connectivity index (χ2n) is 9.50. The molecule has 0 saturated carbocycles. The summed E-state index contributed by atoms with van der Waals surface area (Å²) in [7, 11) is 2.16. The number of nitrogens with zero attached hydrogens (tertiary/aromatic N) is 1. The monoisotopic (exact) mass is 324 g/mol. The molecule has 0 aliphatic rings. The van der Waals surface area contributed by atoms with Crippen LogP contribution in [0.4, 0.5) is 0 Å². The van der Waals surface area contributed by atoms with Gasteiger partial charge in [-0.25, -0.2) is 4.57 Å². The molecule has 0 amide bonds. The lowest BCUT2D eigenvalue weighted by Crippen LogP contribution is -2.32. The van der Waals surface area contributed by atoms with Gasteiger partial charge in [-0.1, -0.05) is 47.6 Å². The summed E-state index contributed by atoms with van der Waals surface area (Å²) in [6.07, 6.45) is 3.39. The molecule has 0 atom stereocenters. The fourth-order valence-corrected chi connectivity index (χ4v) is 3.60. The summed E-state index contributed by atoms with van der Waals surface area (Å²) >= 11 is 0. The van der Waals surface area contributed by atoms with Crippen LogP contribution in [-0.4, -0.2) is 0 Å². The maximum absolute atomic E-state index is 2.39. The van der Waals surface area contributed by atoms with E-state index in [2.05, 4.69) is 97.5 Å². The molecule has 0 bridgehead atoms. The van der Waals surface area contributed by atoms with E-state index in [1.54, 1.807) is 0 Å². The SMILES string of the molecule is Cc1cc(C)c(C(C)(C)C)cc1-c1ccc(CC(C)(C)C)c[n+]1C. The predicted octanol–water partition coefficient (Wildman–Crippen LogP) is 5.68. The first kappa shape index (κ1) is 18.7. The highest BCUT2D eigenvalue weighted by Gasteiger charge is 2.22. The molecule has 0 spiro atoms. The zero-order chi connectivity index (χ0) is 18.3. The molecule has 1 aromatic carbocycles. The van der Waals surface area contributed by atoms with Crippen molar-refractivity contribution in [2.75, 3.05) is 0 Å². The molecular weight excluding hydrogens is 290 g/mol. The van der Waals surface area contributed by atoms with Gasteiger partial charge in [0.1, 0.15) is 7.05 Å². The van der Waals surface area contributed by atoms with Gasteiger partial charge in [0.2, 0.25) is 5.69 Å². The van der Waals surface area contributed by atoms with E-state index in [4.69, 9.17) is 0 Å². The van der Waals surface area contributed by atoms with E-state index in [1.807, 2.05) is 0 Å². The minimum absolute atomic E-state index is 0.164. The average Bonchev–Trinajstić information content (AvgIpc) is 2.36. The Bertz CT molecular complexity index is 740. The first-order chi connectivity index (χ1) is 10.9. The summed E-state index contributed by atoms with van der Waals surface area (Å²) in [5, 5.41) is 0. The molecule has 1 aromatic heterocycles. The van der Waals surface area contributed by atoms with E-state index >= 15 is 0 Å². The van der Waals surface area contributed by atoms with Crippen LogP contribution in [0.2, 0.25) is 0 Å². The lowest BCUT2D eigenvalue weighted by Gasteiger charge is -2.23. The van der Waals surface area contributed by atoms with Crippen LogP contribution in [0.3, 0.4) is 0 Å². The van der Waals surface area contributed by atoms with Gasteiger partial charge in [-0.2, -0.15) is 0 Å². The van der Waals surface area contributed by atoms with Gasteiger partial charge in [0.25, 0.3) is 0 Å². The fraction of sp³-hybridized carbons (Fsp3) is 0.522. The van der Waals surface area contributed by atoms with Crippen LogP contribution >= 0.6 is 0 Å². The van der Waals surface area contributed by atoms with Gasteiger partial charge in [0, 0.05) is 17.2 Å². The molecule has 0 aliphatic carbocycles. The Morgan fingerprint density at radius 1 is 0.875 bits per heavy atom. The van der Waals surface area contributed by atoms with Crippen molar-refractivity contribution in [1.29, 1.82) is 0 Å². The molecule has 1 heterocycles. The average molecular weight is 325 g/mol. The summed E-state index contributed by atoms with van der Waals surface area (Å²) in [5.41, 5.74) is 8.67. The number of benzene rings is 1. The smallest absolute Gasteiger partial charge is 0.201 e. The summed E-state index contributed by atoms with van der Waals surface area (Å²) in [5.74, 6) is 0. The minimum Gasteiger partial charge on any atom is -0.201 e. The third-order valence-corrected chi connectivity index (χ3v) is 4.58. The van der Waals surface area contributed by atoms with Crippen LogP contribution in [0.1, 0.15) is 63.8 Å². The van der Waals surface area contributed by atoms with Crippen molar-refractivity contribution in [3.8, 4) is 11.3 Å². The second kappa shape index (κ2) is 6.35.